The molecule has 4 nitrogen and oxygen atoms in total. The van der Waals surface area contributed by atoms with E-state index in [2.05, 4.69) is 21.2 Å². The molecule has 0 heterocycles. The van der Waals surface area contributed by atoms with Crippen LogP contribution in [0, 0.1) is 6.92 Å². The van der Waals surface area contributed by atoms with E-state index in [0.717, 1.165) is 15.7 Å². The highest BCUT2D eigenvalue weighted by Crippen LogP contribution is 2.20. The van der Waals surface area contributed by atoms with Crippen molar-refractivity contribution in [2.45, 2.75) is 13.8 Å². The van der Waals surface area contributed by atoms with E-state index in [1.165, 1.54) is 11.8 Å². The highest BCUT2D eigenvalue weighted by Gasteiger charge is 2.16. The lowest BCUT2D eigenvalue weighted by molar-refractivity contribution is -0.120. The van der Waals surface area contributed by atoms with Crippen LogP contribution in [0.3, 0.4) is 0 Å². The molecule has 0 unspecified atom stereocenters. The van der Waals surface area contributed by atoms with E-state index < -0.39 is 0 Å². The molecule has 2 aromatic carbocycles. The zero-order valence-electron chi connectivity index (χ0n) is 12.5. The third-order valence-electron chi connectivity index (χ3n) is 3.10. The van der Waals surface area contributed by atoms with Crippen molar-refractivity contribution in [1.82, 2.24) is 0 Å². The van der Waals surface area contributed by atoms with E-state index in [4.69, 9.17) is 0 Å². The number of amides is 2. The van der Waals surface area contributed by atoms with Crippen molar-refractivity contribution in [2.75, 3.05) is 16.8 Å². The number of carbonyl (C=O) groups excluding carboxylic acids is 2. The van der Waals surface area contributed by atoms with Gasteiger partial charge in [-0.1, -0.05) is 34.1 Å². The number of carbonyl (C=O) groups is 2. The first kappa shape index (κ1) is 16.2. The van der Waals surface area contributed by atoms with Crippen molar-refractivity contribution < 1.29 is 9.59 Å². The molecule has 114 valence electrons. The molecule has 0 aliphatic heterocycles. The van der Waals surface area contributed by atoms with Crippen LogP contribution in [0.2, 0.25) is 0 Å². The van der Waals surface area contributed by atoms with Crippen molar-refractivity contribution in [3.63, 3.8) is 0 Å². The number of benzene rings is 2. The second kappa shape index (κ2) is 7.22. The average Bonchev–Trinajstić information content (AvgIpc) is 2.44. The fourth-order valence-electron chi connectivity index (χ4n) is 2.10. The van der Waals surface area contributed by atoms with E-state index in [-0.39, 0.29) is 18.4 Å². The van der Waals surface area contributed by atoms with Crippen molar-refractivity contribution in [3.05, 3.63) is 58.6 Å². The van der Waals surface area contributed by atoms with Gasteiger partial charge in [-0.05, 0) is 42.8 Å². The number of aryl methyl sites for hydroxylation is 1. The summed E-state index contributed by atoms with van der Waals surface area (Å²) < 4.78 is 0.857. The molecule has 0 saturated carbocycles. The molecule has 0 aliphatic carbocycles. The molecule has 0 aromatic heterocycles. The van der Waals surface area contributed by atoms with Gasteiger partial charge in [0.05, 0.1) is 0 Å². The maximum Gasteiger partial charge on any atom is 0.244 e. The third-order valence-corrected chi connectivity index (χ3v) is 3.60. The average molecular weight is 361 g/mol. The highest BCUT2D eigenvalue weighted by molar-refractivity contribution is 9.10. The van der Waals surface area contributed by atoms with Gasteiger partial charge in [-0.25, -0.2) is 0 Å². The predicted octanol–water partition coefficient (Wildman–Crippen LogP) is 3.75. The number of nitrogens with zero attached hydrogens (tertiary/aromatic N) is 1. The molecule has 2 aromatic rings. The Labute approximate surface area is 138 Å². The van der Waals surface area contributed by atoms with Crippen molar-refractivity contribution in [3.8, 4) is 0 Å². The van der Waals surface area contributed by atoms with Crippen molar-refractivity contribution in [2.24, 2.45) is 0 Å². The number of nitrogens with one attached hydrogen (secondary N) is 1. The van der Waals surface area contributed by atoms with Gasteiger partial charge in [-0.15, -0.1) is 0 Å². The van der Waals surface area contributed by atoms with Crippen LogP contribution in [0.1, 0.15) is 12.5 Å². The summed E-state index contributed by atoms with van der Waals surface area (Å²) >= 11 is 3.37. The standard InChI is InChI=1S/C17H17BrN2O2/c1-12-5-3-7-15(9-12)19-17(22)11-20(13(2)21)16-8-4-6-14(18)10-16/h3-10H,11H2,1-2H3,(H,19,22). The lowest BCUT2D eigenvalue weighted by Crippen LogP contribution is -2.36. The second-order valence-corrected chi connectivity index (χ2v) is 5.92. The summed E-state index contributed by atoms with van der Waals surface area (Å²) in [4.78, 5) is 25.4. The van der Waals surface area contributed by atoms with Gasteiger partial charge < -0.3 is 10.2 Å². The molecular formula is C17H17BrN2O2. The zero-order valence-corrected chi connectivity index (χ0v) is 14.1. The van der Waals surface area contributed by atoms with Crippen molar-refractivity contribution in [1.29, 1.82) is 0 Å². The second-order valence-electron chi connectivity index (χ2n) is 5.00. The molecular weight excluding hydrogens is 344 g/mol. The number of hydrogen-bond donors (Lipinski definition) is 1. The van der Waals surface area contributed by atoms with Crippen LogP contribution >= 0.6 is 15.9 Å². The number of hydrogen-bond acceptors (Lipinski definition) is 2. The molecule has 5 heteroatoms. The molecule has 0 atom stereocenters. The van der Waals surface area contributed by atoms with E-state index in [0.29, 0.717) is 5.69 Å². The number of rotatable bonds is 4. The van der Waals surface area contributed by atoms with Crippen LogP contribution in [0.25, 0.3) is 0 Å². The number of halogens is 1. The van der Waals surface area contributed by atoms with Crippen LogP contribution < -0.4 is 10.2 Å². The predicted molar refractivity (Wildman–Crippen MR) is 92.0 cm³/mol. The lowest BCUT2D eigenvalue weighted by Gasteiger charge is -2.21. The Morgan fingerprint density at radius 1 is 1.14 bits per heavy atom. The van der Waals surface area contributed by atoms with E-state index in [1.54, 1.807) is 12.1 Å². The topological polar surface area (TPSA) is 49.4 Å². The van der Waals surface area contributed by atoms with Crippen LogP contribution in [-0.2, 0) is 9.59 Å². The fraction of sp³-hybridized carbons (Fsp3) is 0.176. The third kappa shape index (κ3) is 4.43. The van der Waals surface area contributed by atoms with Gasteiger partial charge in [-0.2, -0.15) is 0 Å². The quantitative estimate of drug-likeness (QED) is 0.902. The first-order valence-electron chi connectivity index (χ1n) is 6.86. The minimum Gasteiger partial charge on any atom is -0.325 e. The summed E-state index contributed by atoms with van der Waals surface area (Å²) in [7, 11) is 0. The summed E-state index contributed by atoms with van der Waals surface area (Å²) in [6.45, 7) is 3.37. The highest BCUT2D eigenvalue weighted by atomic mass is 79.9. The molecule has 0 radical (unpaired) electrons. The normalized spacial score (nSPS) is 10.1. The first-order valence-corrected chi connectivity index (χ1v) is 7.65. The van der Waals surface area contributed by atoms with Gasteiger partial charge in [0.15, 0.2) is 0 Å². The largest absolute Gasteiger partial charge is 0.325 e. The Kier molecular flexibility index (Phi) is 5.33. The van der Waals surface area contributed by atoms with Crippen LogP contribution in [0.15, 0.2) is 53.0 Å². The zero-order chi connectivity index (χ0) is 16.1. The Morgan fingerprint density at radius 2 is 1.86 bits per heavy atom. The monoisotopic (exact) mass is 360 g/mol. The molecule has 0 aliphatic rings. The minimum absolute atomic E-state index is 0.0280. The van der Waals surface area contributed by atoms with E-state index in [9.17, 15) is 9.59 Å². The van der Waals surface area contributed by atoms with Gasteiger partial charge in [0.1, 0.15) is 6.54 Å². The van der Waals surface area contributed by atoms with Crippen molar-refractivity contribution >= 4 is 39.1 Å². The molecule has 0 spiro atoms. The lowest BCUT2D eigenvalue weighted by atomic mass is 10.2. The van der Waals surface area contributed by atoms with Crippen LogP contribution in [0.4, 0.5) is 11.4 Å². The summed E-state index contributed by atoms with van der Waals surface area (Å²) in [6, 6.07) is 14.8. The Bertz CT molecular complexity index is 701. The minimum atomic E-state index is -0.235. The summed E-state index contributed by atoms with van der Waals surface area (Å²) in [5, 5.41) is 2.81. The maximum absolute atomic E-state index is 12.2. The fourth-order valence-corrected chi connectivity index (χ4v) is 2.48. The Morgan fingerprint density at radius 3 is 2.50 bits per heavy atom. The molecule has 0 bridgehead atoms. The van der Waals surface area contributed by atoms with Gasteiger partial charge in [0.25, 0.3) is 0 Å². The first-order chi connectivity index (χ1) is 10.5. The Balaban J connectivity index is 2.11. The SMILES string of the molecule is CC(=O)N(CC(=O)Nc1cccc(C)c1)c1cccc(Br)c1. The summed E-state index contributed by atoms with van der Waals surface area (Å²) in [5.41, 5.74) is 2.47. The summed E-state index contributed by atoms with van der Waals surface area (Å²) in [6.07, 6.45) is 0. The molecule has 22 heavy (non-hydrogen) atoms. The van der Waals surface area contributed by atoms with Gasteiger partial charge in [-0.3, -0.25) is 9.59 Å². The smallest absolute Gasteiger partial charge is 0.244 e. The van der Waals surface area contributed by atoms with Gasteiger partial charge in [0, 0.05) is 22.8 Å². The molecule has 0 saturated heterocycles. The van der Waals surface area contributed by atoms with Gasteiger partial charge >= 0.3 is 0 Å². The van der Waals surface area contributed by atoms with Crippen LogP contribution in [-0.4, -0.2) is 18.4 Å². The molecule has 1 N–H and O–H groups in total. The molecule has 2 amide bonds. The number of anilines is 2. The molecule has 0 fully saturated rings. The van der Waals surface area contributed by atoms with Crippen LogP contribution in [0.5, 0.6) is 0 Å². The molecule has 2 rings (SSSR count). The van der Waals surface area contributed by atoms with E-state index >= 15 is 0 Å². The van der Waals surface area contributed by atoms with Gasteiger partial charge in [0.2, 0.25) is 11.8 Å². The van der Waals surface area contributed by atoms with E-state index in [1.807, 2.05) is 43.3 Å². The maximum atomic E-state index is 12.2. The Hall–Kier alpha value is -2.14. The summed E-state index contributed by atoms with van der Waals surface area (Å²) in [5.74, 6) is -0.418.